The second kappa shape index (κ2) is 6.40. The van der Waals surface area contributed by atoms with Crippen molar-refractivity contribution >= 4 is 11.7 Å². The molecule has 3 heterocycles. The van der Waals surface area contributed by atoms with Crippen molar-refractivity contribution in [2.24, 2.45) is 0 Å². The summed E-state index contributed by atoms with van der Waals surface area (Å²) >= 11 is 0. The van der Waals surface area contributed by atoms with E-state index in [9.17, 15) is 4.79 Å². The van der Waals surface area contributed by atoms with E-state index in [1.54, 1.807) is 6.20 Å². The van der Waals surface area contributed by atoms with Gasteiger partial charge in [-0.3, -0.25) is 9.48 Å². The zero-order valence-corrected chi connectivity index (χ0v) is 13.9. The van der Waals surface area contributed by atoms with Gasteiger partial charge in [0.15, 0.2) is 0 Å². The summed E-state index contributed by atoms with van der Waals surface area (Å²) in [5, 5.41) is 4.34. The number of aromatic nitrogens is 3. The summed E-state index contributed by atoms with van der Waals surface area (Å²) in [6.07, 6.45) is 7.61. The average Bonchev–Trinajstić information content (AvgIpc) is 3.16. The van der Waals surface area contributed by atoms with Crippen LogP contribution in [-0.2, 0) is 6.54 Å². The molecule has 122 valence electrons. The summed E-state index contributed by atoms with van der Waals surface area (Å²) in [6.45, 7) is 3.58. The fourth-order valence-electron chi connectivity index (χ4n) is 3.02. The van der Waals surface area contributed by atoms with Crippen molar-refractivity contribution in [1.29, 1.82) is 0 Å². The quantitative estimate of drug-likeness (QED) is 0.866. The van der Waals surface area contributed by atoms with Gasteiger partial charge >= 0.3 is 0 Å². The summed E-state index contributed by atoms with van der Waals surface area (Å²) in [7, 11) is 3.87. The zero-order chi connectivity index (χ0) is 16.4. The van der Waals surface area contributed by atoms with E-state index < -0.39 is 0 Å². The van der Waals surface area contributed by atoms with Gasteiger partial charge < -0.3 is 9.80 Å². The van der Waals surface area contributed by atoms with Crippen LogP contribution >= 0.6 is 0 Å². The Balaban J connectivity index is 1.72. The number of rotatable bonds is 4. The molecule has 1 fully saturated rings. The molecule has 23 heavy (non-hydrogen) atoms. The number of hydrogen-bond donors (Lipinski definition) is 0. The van der Waals surface area contributed by atoms with E-state index in [0.717, 1.165) is 37.3 Å². The van der Waals surface area contributed by atoms with Gasteiger partial charge in [-0.1, -0.05) is 0 Å². The number of nitrogens with zero attached hydrogens (tertiary/aromatic N) is 5. The van der Waals surface area contributed by atoms with Gasteiger partial charge in [0.1, 0.15) is 5.82 Å². The highest BCUT2D eigenvalue weighted by Gasteiger charge is 2.30. The van der Waals surface area contributed by atoms with Gasteiger partial charge in [0.2, 0.25) is 0 Å². The van der Waals surface area contributed by atoms with Crippen LogP contribution in [0.3, 0.4) is 0 Å². The molecule has 0 saturated carbocycles. The van der Waals surface area contributed by atoms with Gasteiger partial charge in [-0.15, -0.1) is 0 Å². The minimum atomic E-state index is 0.0641. The molecule has 1 amide bonds. The molecule has 0 N–H and O–H groups in total. The second-order valence-electron chi connectivity index (χ2n) is 6.33. The third-order valence-electron chi connectivity index (χ3n) is 4.25. The van der Waals surface area contributed by atoms with E-state index in [0.29, 0.717) is 5.56 Å². The molecule has 6 heteroatoms. The minimum Gasteiger partial charge on any atom is -0.363 e. The molecule has 0 bridgehead atoms. The molecular formula is C17H23N5O. The number of aryl methyl sites for hydroxylation is 1. The molecule has 0 radical (unpaired) electrons. The highest BCUT2D eigenvalue weighted by atomic mass is 16.2. The van der Waals surface area contributed by atoms with Gasteiger partial charge in [-0.25, -0.2) is 4.98 Å². The third kappa shape index (κ3) is 3.36. The summed E-state index contributed by atoms with van der Waals surface area (Å²) in [5.74, 6) is 0.917. The van der Waals surface area contributed by atoms with Crippen LogP contribution in [0.2, 0.25) is 0 Å². The first-order chi connectivity index (χ1) is 11.0. The van der Waals surface area contributed by atoms with Crippen molar-refractivity contribution in [1.82, 2.24) is 19.7 Å². The Labute approximate surface area is 136 Å². The van der Waals surface area contributed by atoms with Crippen LogP contribution in [0.15, 0.2) is 30.7 Å². The van der Waals surface area contributed by atoms with E-state index in [1.807, 2.05) is 60.0 Å². The van der Waals surface area contributed by atoms with E-state index in [-0.39, 0.29) is 11.9 Å². The Morgan fingerprint density at radius 3 is 2.78 bits per heavy atom. The van der Waals surface area contributed by atoms with E-state index in [4.69, 9.17) is 0 Å². The van der Waals surface area contributed by atoms with Crippen molar-refractivity contribution < 1.29 is 4.79 Å². The number of amides is 1. The highest BCUT2D eigenvalue weighted by molar-refractivity contribution is 5.94. The topological polar surface area (TPSA) is 54.3 Å². The molecule has 1 aliphatic heterocycles. The van der Waals surface area contributed by atoms with Crippen LogP contribution in [0.1, 0.15) is 28.8 Å². The van der Waals surface area contributed by atoms with Crippen molar-refractivity contribution in [2.75, 3.05) is 25.5 Å². The van der Waals surface area contributed by atoms with Crippen LogP contribution in [0.25, 0.3) is 0 Å². The zero-order valence-electron chi connectivity index (χ0n) is 13.9. The maximum absolute atomic E-state index is 12.8. The van der Waals surface area contributed by atoms with Crippen LogP contribution in [-0.4, -0.2) is 52.3 Å². The lowest BCUT2D eigenvalue weighted by molar-refractivity contribution is 0.0721. The standard InChI is InChI=1S/C17H23N5O/c1-13-9-19-21(11-13)12-15-5-4-8-22(15)17(23)14-6-7-16(18-10-14)20(2)3/h6-7,9-11,15H,4-5,8,12H2,1-3H3. The predicted molar refractivity (Wildman–Crippen MR) is 89.6 cm³/mol. The normalized spacial score (nSPS) is 17.5. The molecule has 6 nitrogen and oxygen atoms in total. The van der Waals surface area contributed by atoms with Crippen molar-refractivity contribution in [3.63, 3.8) is 0 Å². The Kier molecular flexibility index (Phi) is 4.32. The van der Waals surface area contributed by atoms with Crippen molar-refractivity contribution in [2.45, 2.75) is 32.4 Å². The molecule has 1 saturated heterocycles. The molecule has 0 aliphatic carbocycles. The van der Waals surface area contributed by atoms with Crippen molar-refractivity contribution in [3.8, 4) is 0 Å². The number of pyridine rings is 1. The number of carbonyl (C=O) groups is 1. The summed E-state index contributed by atoms with van der Waals surface area (Å²) in [6, 6.07) is 3.95. The molecule has 1 unspecified atom stereocenters. The first-order valence-electron chi connectivity index (χ1n) is 7.98. The SMILES string of the molecule is Cc1cnn(CC2CCCN2C(=O)c2ccc(N(C)C)nc2)c1. The summed E-state index contributed by atoms with van der Waals surface area (Å²) in [5.41, 5.74) is 1.79. The van der Waals surface area contributed by atoms with Crippen molar-refractivity contribution in [3.05, 3.63) is 41.9 Å². The molecule has 1 aliphatic rings. The van der Waals surface area contributed by atoms with Gasteiger partial charge in [-0.2, -0.15) is 5.10 Å². The lowest BCUT2D eigenvalue weighted by atomic mass is 10.2. The van der Waals surface area contributed by atoms with Gasteiger partial charge in [-0.05, 0) is 37.5 Å². The van der Waals surface area contributed by atoms with Crippen LogP contribution in [0.4, 0.5) is 5.82 Å². The van der Waals surface area contributed by atoms with Crippen LogP contribution in [0, 0.1) is 6.92 Å². The molecule has 3 rings (SSSR count). The fourth-order valence-corrected chi connectivity index (χ4v) is 3.02. The second-order valence-corrected chi connectivity index (χ2v) is 6.33. The van der Waals surface area contributed by atoms with Crippen LogP contribution < -0.4 is 4.90 Å². The maximum Gasteiger partial charge on any atom is 0.255 e. The fraction of sp³-hybridized carbons (Fsp3) is 0.471. The van der Waals surface area contributed by atoms with E-state index in [2.05, 4.69) is 10.1 Å². The van der Waals surface area contributed by atoms with Gasteiger partial charge in [0.05, 0.1) is 24.3 Å². The number of likely N-dealkylation sites (tertiary alicyclic amines) is 1. The third-order valence-corrected chi connectivity index (χ3v) is 4.25. The molecule has 0 aromatic carbocycles. The number of carbonyl (C=O) groups excluding carboxylic acids is 1. The Bertz CT molecular complexity index is 677. The van der Waals surface area contributed by atoms with Crippen LogP contribution in [0.5, 0.6) is 0 Å². The smallest absolute Gasteiger partial charge is 0.255 e. The first kappa shape index (κ1) is 15.5. The maximum atomic E-state index is 12.8. The minimum absolute atomic E-state index is 0.0641. The molecule has 2 aromatic heterocycles. The highest BCUT2D eigenvalue weighted by Crippen LogP contribution is 2.22. The van der Waals surface area contributed by atoms with E-state index in [1.165, 1.54) is 0 Å². The lowest BCUT2D eigenvalue weighted by Crippen LogP contribution is -2.38. The Morgan fingerprint density at radius 1 is 1.35 bits per heavy atom. The first-order valence-corrected chi connectivity index (χ1v) is 7.98. The number of anilines is 1. The molecule has 1 atom stereocenters. The summed E-state index contributed by atoms with van der Waals surface area (Å²) < 4.78 is 1.93. The van der Waals surface area contributed by atoms with Gasteiger partial charge in [0.25, 0.3) is 5.91 Å². The molecule has 2 aromatic rings. The number of hydrogen-bond acceptors (Lipinski definition) is 4. The largest absolute Gasteiger partial charge is 0.363 e. The predicted octanol–water partition coefficient (Wildman–Crippen LogP) is 1.96. The van der Waals surface area contributed by atoms with E-state index >= 15 is 0 Å². The summed E-state index contributed by atoms with van der Waals surface area (Å²) in [4.78, 5) is 21.0. The monoisotopic (exact) mass is 313 g/mol. The lowest BCUT2D eigenvalue weighted by Gasteiger charge is -2.25. The Hall–Kier alpha value is -2.37. The Morgan fingerprint density at radius 2 is 2.17 bits per heavy atom. The molecular weight excluding hydrogens is 290 g/mol. The average molecular weight is 313 g/mol. The van der Waals surface area contributed by atoms with Gasteiger partial charge in [0, 0.05) is 33.0 Å². The molecule has 0 spiro atoms.